The number of rotatable bonds is 2. The van der Waals surface area contributed by atoms with E-state index in [-0.39, 0.29) is 42.8 Å². The molecule has 3 N–H and O–H groups in total. The number of halogens is 2. The second-order valence-corrected chi connectivity index (χ2v) is 5.08. The van der Waals surface area contributed by atoms with Gasteiger partial charge in [0.25, 0.3) is 5.91 Å². The first-order valence-electron chi connectivity index (χ1n) is 6.51. The van der Waals surface area contributed by atoms with Crippen molar-refractivity contribution in [3.05, 3.63) is 29.8 Å². The van der Waals surface area contributed by atoms with E-state index in [0.29, 0.717) is 17.2 Å². The zero-order valence-electron chi connectivity index (χ0n) is 11.7. The maximum absolute atomic E-state index is 12.4. The molecule has 0 bridgehead atoms. The second-order valence-electron chi connectivity index (χ2n) is 5.08. The molecule has 0 radical (unpaired) electrons. The minimum Gasteiger partial charge on any atom is -0.348 e. The van der Waals surface area contributed by atoms with E-state index in [4.69, 9.17) is 5.73 Å². The molecule has 2 atom stereocenters. The molecule has 3 rings (SSSR count). The van der Waals surface area contributed by atoms with Gasteiger partial charge in [-0.05, 0) is 32.3 Å². The minimum absolute atomic E-state index is 0. The van der Waals surface area contributed by atoms with Gasteiger partial charge < -0.3 is 11.1 Å². The van der Waals surface area contributed by atoms with E-state index >= 15 is 0 Å². The SMILES string of the molecule is Cc1nc2ncccn2c1C(=O)N[C@@H]1CC[C@@H](N)C1.Cl.Cl. The molecule has 0 aliphatic heterocycles. The van der Waals surface area contributed by atoms with E-state index in [1.54, 1.807) is 22.9 Å². The number of nitrogens with zero attached hydrogens (tertiary/aromatic N) is 3. The number of aryl methyl sites for hydroxylation is 1. The van der Waals surface area contributed by atoms with Crippen LogP contribution in [-0.4, -0.2) is 32.4 Å². The van der Waals surface area contributed by atoms with Crippen LogP contribution in [0.1, 0.15) is 35.4 Å². The zero-order chi connectivity index (χ0) is 13.4. The summed E-state index contributed by atoms with van der Waals surface area (Å²) in [5.41, 5.74) is 7.11. The molecule has 2 aromatic heterocycles. The van der Waals surface area contributed by atoms with Gasteiger partial charge in [0.1, 0.15) is 5.69 Å². The third kappa shape index (κ3) is 3.45. The van der Waals surface area contributed by atoms with Crippen molar-refractivity contribution in [3.63, 3.8) is 0 Å². The van der Waals surface area contributed by atoms with Crippen LogP contribution < -0.4 is 11.1 Å². The maximum Gasteiger partial charge on any atom is 0.270 e. The molecule has 0 aromatic carbocycles. The van der Waals surface area contributed by atoms with Gasteiger partial charge in [0.05, 0.1) is 5.69 Å². The predicted molar refractivity (Wildman–Crippen MR) is 85.3 cm³/mol. The van der Waals surface area contributed by atoms with E-state index in [2.05, 4.69) is 15.3 Å². The highest BCUT2D eigenvalue weighted by atomic mass is 35.5. The normalized spacial score (nSPS) is 20.7. The Morgan fingerprint density at radius 1 is 1.43 bits per heavy atom. The number of fused-ring (bicyclic) bond motifs is 1. The van der Waals surface area contributed by atoms with E-state index in [1.807, 2.05) is 6.92 Å². The van der Waals surface area contributed by atoms with Crippen molar-refractivity contribution in [2.75, 3.05) is 0 Å². The number of nitrogens with one attached hydrogen (secondary N) is 1. The Morgan fingerprint density at radius 3 is 2.86 bits per heavy atom. The van der Waals surface area contributed by atoms with Crippen molar-refractivity contribution >= 4 is 36.5 Å². The van der Waals surface area contributed by atoms with Crippen molar-refractivity contribution < 1.29 is 4.79 Å². The highest BCUT2D eigenvalue weighted by Crippen LogP contribution is 2.18. The fourth-order valence-corrected chi connectivity index (χ4v) is 2.67. The summed E-state index contributed by atoms with van der Waals surface area (Å²) >= 11 is 0. The van der Waals surface area contributed by atoms with Gasteiger partial charge in [0, 0.05) is 24.5 Å². The molecule has 1 fully saturated rings. The number of hydrogen-bond donors (Lipinski definition) is 2. The number of carbonyl (C=O) groups excluding carboxylic acids is 1. The van der Waals surface area contributed by atoms with Gasteiger partial charge in [0.2, 0.25) is 5.78 Å². The lowest BCUT2D eigenvalue weighted by molar-refractivity contribution is 0.0931. The summed E-state index contributed by atoms with van der Waals surface area (Å²) in [5, 5.41) is 3.04. The largest absolute Gasteiger partial charge is 0.348 e. The number of imidazole rings is 1. The number of nitrogens with two attached hydrogens (primary N) is 1. The lowest BCUT2D eigenvalue weighted by atomic mass is 10.2. The molecule has 1 aliphatic rings. The number of aromatic nitrogens is 3. The molecule has 116 valence electrons. The summed E-state index contributed by atoms with van der Waals surface area (Å²) in [6.07, 6.45) is 6.23. The van der Waals surface area contributed by atoms with Crippen molar-refractivity contribution in [3.8, 4) is 0 Å². The molecular formula is C13H19Cl2N5O. The highest BCUT2D eigenvalue weighted by molar-refractivity contribution is 5.94. The first kappa shape index (κ1) is 17.7. The molecule has 0 unspecified atom stereocenters. The Labute approximate surface area is 135 Å². The molecule has 0 saturated heterocycles. The van der Waals surface area contributed by atoms with Crippen molar-refractivity contribution in [1.29, 1.82) is 0 Å². The summed E-state index contributed by atoms with van der Waals surface area (Å²) in [6.45, 7) is 1.82. The highest BCUT2D eigenvalue weighted by Gasteiger charge is 2.25. The monoisotopic (exact) mass is 331 g/mol. The van der Waals surface area contributed by atoms with Crippen molar-refractivity contribution in [1.82, 2.24) is 19.7 Å². The molecule has 2 heterocycles. The summed E-state index contributed by atoms with van der Waals surface area (Å²) in [7, 11) is 0. The summed E-state index contributed by atoms with van der Waals surface area (Å²) in [6, 6.07) is 2.16. The molecule has 1 saturated carbocycles. The van der Waals surface area contributed by atoms with Crippen LogP contribution in [0.3, 0.4) is 0 Å². The van der Waals surface area contributed by atoms with Gasteiger partial charge in [-0.25, -0.2) is 9.97 Å². The van der Waals surface area contributed by atoms with Crippen LogP contribution in [0.4, 0.5) is 0 Å². The maximum atomic E-state index is 12.4. The Balaban J connectivity index is 0.00000110. The van der Waals surface area contributed by atoms with Crippen molar-refractivity contribution in [2.24, 2.45) is 5.73 Å². The molecule has 21 heavy (non-hydrogen) atoms. The molecule has 0 spiro atoms. The van der Waals surface area contributed by atoms with Crippen LogP contribution in [0.2, 0.25) is 0 Å². The van der Waals surface area contributed by atoms with Crippen LogP contribution >= 0.6 is 24.8 Å². The zero-order valence-corrected chi connectivity index (χ0v) is 13.3. The number of amides is 1. The fourth-order valence-electron chi connectivity index (χ4n) is 2.67. The average Bonchev–Trinajstić information content (AvgIpc) is 2.91. The predicted octanol–water partition coefficient (Wildman–Crippen LogP) is 1.49. The van der Waals surface area contributed by atoms with E-state index in [1.165, 1.54) is 0 Å². The first-order valence-corrected chi connectivity index (χ1v) is 6.51. The summed E-state index contributed by atoms with van der Waals surface area (Å²) in [5.74, 6) is 0.449. The molecule has 2 aromatic rings. The number of carbonyl (C=O) groups is 1. The third-order valence-corrected chi connectivity index (χ3v) is 3.60. The van der Waals surface area contributed by atoms with Crippen LogP contribution in [0.25, 0.3) is 5.78 Å². The molecular weight excluding hydrogens is 313 g/mol. The second kappa shape index (κ2) is 7.06. The van der Waals surface area contributed by atoms with E-state index in [0.717, 1.165) is 19.3 Å². The number of hydrogen-bond acceptors (Lipinski definition) is 4. The van der Waals surface area contributed by atoms with Crippen LogP contribution in [0.5, 0.6) is 0 Å². The van der Waals surface area contributed by atoms with Gasteiger partial charge in [-0.3, -0.25) is 9.20 Å². The van der Waals surface area contributed by atoms with E-state index < -0.39 is 0 Å². The minimum atomic E-state index is -0.0999. The molecule has 1 amide bonds. The first-order chi connectivity index (χ1) is 9.15. The quantitative estimate of drug-likeness (QED) is 0.873. The fraction of sp³-hybridized carbons (Fsp3) is 0.462. The summed E-state index contributed by atoms with van der Waals surface area (Å²) < 4.78 is 1.72. The van der Waals surface area contributed by atoms with Crippen LogP contribution in [-0.2, 0) is 0 Å². The smallest absolute Gasteiger partial charge is 0.270 e. The molecule has 6 nitrogen and oxygen atoms in total. The van der Waals surface area contributed by atoms with Crippen LogP contribution in [0.15, 0.2) is 18.5 Å². The van der Waals surface area contributed by atoms with Gasteiger partial charge in [-0.2, -0.15) is 0 Å². The van der Waals surface area contributed by atoms with Crippen LogP contribution in [0, 0.1) is 6.92 Å². The Hall–Kier alpha value is -1.37. The van der Waals surface area contributed by atoms with Gasteiger partial charge in [-0.15, -0.1) is 24.8 Å². The average molecular weight is 332 g/mol. The van der Waals surface area contributed by atoms with Crippen molar-refractivity contribution in [2.45, 2.75) is 38.3 Å². The Bertz CT molecular complexity index is 630. The van der Waals surface area contributed by atoms with Gasteiger partial charge >= 0.3 is 0 Å². The third-order valence-electron chi connectivity index (χ3n) is 3.60. The Morgan fingerprint density at radius 2 is 2.19 bits per heavy atom. The van der Waals surface area contributed by atoms with Gasteiger partial charge in [0.15, 0.2) is 0 Å². The topological polar surface area (TPSA) is 85.3 Å². The standard InChI is InChI=1S/C13H17N5O.2ClH/c1-8-11(18-6-2-5-15-13(18)16-8)12(19)17-10-4-3-9(14)7-10;;/h2,5-6,9-10H,3-4,7,14H2,1H3,(H,17,19);2*1H/t9-,10-;;/m1../s1. The lowest BCUT2D eigenvalue weighted by Crippen LogP contribution is -2.35. The molecule has 1 aliphatic carbocycles. The van der Waals surface area contributed by atoms with E-state index in [9.17, 15) is 4.79 Å². The Kier molecular flexibility index (Phi) is 5.95. The van der Waals surface area contributed by atoms with Gasteiger partial charge in [-0.1, -0.05) is 0 Å². The molecule has 8 heteroatoms. The summed E-state index contributed by atoms with van der Waals surface area (Å²) in [4.78, 5) is 20.8. The lowest BCUT2D eigenvalue weighted by Gasteiger charge is -2.12.